The number of Topliss-reactive ketones (excluding diaryl/α,β-unsaturated/α-hetero) is 1. The fourth-order valence-electron chi connectivity index (χ4n) is 2.17. The predicted molar refractivity (Wildman–Crippen MR) is 60.9 cm³/mol. The topological polar surface area (TPSA) is 17.1 Å². The molecule has 0 aromatic heterocycles. The minimum absolute atomic E-state index is 0.308. The van der Waals surface area contributed by atoms with Crippen LogP contribution in [0.15, 0.2) is 16.6 Å². The third-order valence-corrected chi connectivity index (χ3v) is 3.40. The van der Waals surface area contributed by atoms with Gasteiger partial charge in [0.15, 0.2) is 5.78 Å². The van der Waals surface area contributed by atoms with Crippen LogP contribution in [-0.2, 0) is 0 Å². The Morgan fingerprint density at radius 1 is 1.43 bits per heavy atom. The minimum atomic E-state index is 0.308. The van der Waals surface area contributed by atoms with Gasteiger partial charge in [0.05, 0.1) is 0 Å². The van der Waals surface area contributed by atoms with Crippen LogP contribution in [0.4, 0.5) is 0 Å². The zero-order valence-electron chi connectivity index (χ0n) is 8.43. The number of ketones is 1. The number of halogens is 1. The molecular formula is C12H13BrO. The maximum Gasteiger partial charge on any atom is 0.163 e. The summed E-state index contributed by atoms with van der Waals surface area (Å²) in [5.74, 6) is 0.821. The number of carbonyl (C=O) groups is 1. The molecule has 0 N–H and O–H groups in total. The fraction of sp³-hybridized carbons (Fsp3) is 0.417. The normalized spacial score (nSPS) is 20.8. The smallest absolute Gasteiger partial charge is 0.163 e. The van der Waals surface area contributed by atoms with Gasteiger partial charge in [-0.1, -0.05) is 22.9 Å². The van der Waals surface area contributed by atoms with E-state index in [0.717, 1.165) is 22.0 Å². The lowest BCUT2D eigenvalue weighted by Crippen LogP contribution is -2.15. The van der Waals surface area contributed by atoms with Gasteiger partial charge >= 0.3 is 0 Å². The molecule has 2 rings (SSSR count). The molecule has 1 aromatic carbocycles. The molecule has 1 unspecified atom stereocenters. The third kappa shape index (κ3) is 1.52. The average Bonchev–Trinajstić information content (AvgIpc) is 2.10. The maximum atomic E-state index is 11.7. The van der Waals surface area contributed by atoms with E-state index in [-0.39, 0.29) is 0 Å². The summed E-state index contributed by atoms with van der Waals surface area (Å²) in [6, 6.07) is 4.11. The molecule has 1 atom stereocenters. The van der Waals surface area contributed by atoms with Gasteiger partial charge in [0.2, 0.25) is 0 Å². The number of rotatable bonds is 0. The summed E-state index contributed by atoms with van der Waals surface area (Å²) in [5.41, 5.74) is 3.28. The van der Waals surface area contributed by atoms with Gasteiger partial charge in [0.25, 0.3) is 0 Å². The zero-order chi connectivity index (χ0) is 10.3. The highest BCUT2D eigenvalue weighted by molar-refractivity contribution is 9.10. The predicted octanol–water partition coefficient (Wildman–Crippen LogP) is 3.84. The SMILES string of the molecule is Cc1cc(Br)cc2c1C(=O)CCC2C. The first kappa shape index (κ1) is 9.91. The van der Waals surface area contributed by atoms with E-state index in [4.69, 9.17) is 0 Å². The van der Waals surface area contributed by atoms with E-state index in [9.17, 15) is 4.79 Å². The molecule has 0 aliphatic heterocycles. The Morgan fingerprint density at radius 2 is 2.14 bits per heavy atom. The molecule has 74 valence electrons. The molecule has 0 fully saturated rings. The van der Waals surface area contributed by atoms with Crippen molar-refractivity contribution in [3.05, 3.63) is 33.3 Å². The van der Waals surface area contributed by atoms with E-state index >= 15 is 0 Å². The van der Waals surface area contributed by atoms with Crippen LogP contribution in [0.3, 0.4) is 0 Å². The monoisotopic (exact) mass is 252 g/mol. The molecule has 0 spiro atoms. The van der Waals surface area contributed by atoms with Gasteiger partial charge in [-0.3, -0.25) is 4.79 Å². The minimum Gasteiger partial charge on any atom is -0.294 e. The molecule has 0 bridgehead atoms. The van der Waals surface area contributed by atoms with Crippen LogP contribution in [0.2, 0.25) is 0 Å². The van der Waals surface area contributed by atoms with Crippen molar-refractivity contribution >= 4 is 21.7 Å². The van der Waals surface area contributed by atoms with Crippen molar-refractivity contribution in [2.75, 3.05) is 0 Å². The molecule has 1 aliphatic rings. The second-order valence-electron chi connectivity index (χ2n) is 4.05. The average molecular weight is 253 g/mol. The fourth-order valence-corrected chi connectivity index (χ4v) is 2.76. The highest BCUT2D eigenvalue weighted by Crippen LogP contribution is 2.34. The van der Waals surface area contributed by atoms with Gasteiger partial charge in [-0.25, -0.2) is 0 Å². The Balaban J connectivity index is 2.66. The van der Waals surface area contributed by atoms with Gasteiger partial charge in [-0.15, -0.1) is 0 Å². The number of fused-ring (bicyclic) bond motifs is 1. The number of carbonyl (C=O) groups excluding carboxylic acids is 1. The molecular weight excluding hydrogens is 240 g/mol. The van der Waals surface area contributed by atoms with Crippen molar-refractivity contribution in [3.8, 4) is 0 Å². The van der Waals surface area contributed by atoms with E-state index < -0.39 is 0 Å². The van der Waals surface area contributed by atoms with E-state index in [2.05, 4.69) is 28.9 Å². The van der Waals surface area contributed by atoms with Crippen LogP contribution in [-0.4, -0.2) is 5.78 Å². The summed E-state index contributed by atoms with van der Waals surface area (Å²) in [7, 11) is 0. The van der Waals surface area contributed by atoms with Crippen LogP contribution in [0, 0.1) is 6.92 Å². The van der Waals surface area contributed by atoms with Crippen molar-refractivity contribution in [2.45, 2.75) is 32.6 Å². The highest BCUT2D eigenvalue weighted by Gasteiger charge is 2.24. The van der Waals surface area contributed by atoms with Crippen molar-refractivity contribution in [1.82, 2.24) is 0 Å². The molecule has 1 aromatic rings. The van der Waals surface area contributed by atoms with Crippen LogP contribution in [0.1, 0.15) is 47.2 Å². The van der Waals surface area contributed by atoms with Crippen LogP contribution in [0.25, 0.3) is 0 Å². The number of benzene rings is 1. The number of hydrogen-bond donors (Lipinski definition) is 0. The van der Waals surface area contributed by atoms with Crippen molar-refractivity contribution < 1.29 is 4.79 Å². The highest BCUT2D eigenvalue weighted by atomic mass is 79.9. The second-order valence-corrected chi connectivity index (χ2v) is 4.97. The van der Waals surface area contributed by atoms with E-state index in [0.29, 0.717) is 18.1 Å². The Morgan fingerprint density at radius 3 is 2.86 bits per heavy atom. The van der Waals surface area contributed by atoms with Gasteiger partial charge in [0.1, 0.15) is 0 Å². The zero-order valence-corrected chi connectivity index (χ0v) is 10.0. The van der Waals surface area contributed by atoms with Crippen LogP contribution < -0.4 is 0 Å². The summed E-state index contributed by atoms with van der Waals surface area (Å²) >= 11 is 3.48. The Bertz CT molecular complexity index is 396. The van der Waals surface area contributed by atoms with Gasteiger partial charge in [-0.2, -0.15) is 0 Å². The van der Waals surface area contributed by atoms with Gasteiger partial charge in [-0.05, 0) is 42.5 Å². The first-order valence-electron chi connectivity index (χ1n) is 4.93. The van der Waals surface area contributed by atoms with Gasteiger partial charge < -0.3 is 0 Å². The lowest BCUT2D eigenvalue weighted by Gasteiger charge is -2.23. The Labute approximate surface area is 92.6 Å². The molecule has 0 amide bonds. The largest absolute Gasteiger partial charge is 0.294 e. The summed E-state index contributed by atoms with van der Waals surface area (Å²) in [6.07, 6.45) is 1.69. The molecule has 1 nitrogen and oxygen atoms in total. The number of hydrogen-bond acceptors (Lipinski definition) is 1. The molecule has 0 radical (unpaired) electrons. The first-order chi connectivity index (χ1) is 6.59. The van der Waals surface area contributed by atoms with Crippen molar-refractivity contribution in [3.63, 3.8) is 0 Å². The van der Waals surface area contributed by atoms with Crippen LogP contribution in [0.5, 0.6) is 0 Å². The summed E-state index contributed by atoms with van der Waals surface area (Å²) in [6.45, 7) is 4.21. The van der Waals surface area contributed by atoms with E-state index in [1.807, 2.05) is 13.0 Å². The lowest BCUT2D eigenvalue weighted by atomic mass is 9.81. The summed E-state index contributed by atoms with van der Waals surface area (Å²) < 4.78 is 1.08. The molecule has 0 heterocycles. The number of aryl methyl sites for hydroxylation is 1. The van der Waals surface area contributed by atoms with Crippen LogP contribution >= 0.6 is 15.9 Å². The molecule has 0 saturated heterocycles. The maximum absolute atomic E-state index is 11.7. The third-order valence-electron chi connectivity index (χ3n) is 2.94. The Kier molecular flexibility index (Phi) is 2.48. The van der Waals surface area contributed by atoms with Crippen molar-refractivity contribution in [2.24, 2.45) is 0 Å². The summed E-state index contributed by atoms with van der Waals surface area (Å²) in [5, 5.41) is 0. The molecule has 0 saturated carbocycles. The van der Waals surface area contributed by atoms with Gasteiger partial charge in [0, 0.05) is 16.5 Å². The molecule has 1 aliphatic carbocycles. The van der Waals surface area contributed by atoms with Crippen molar-refractivity contribution in [1.29, 1.82) is 0 Å². The van der Waals surface area contributed by atoms with E-state index in [1.165, 1.54) is 5.56 Å². The first-order valence-corrected chi connectivity index (χ1v) is 5.72. The second kappa shape index (κ2) is 3.50. The Hall–Kier alpha value is -0.630. The molecule has 14 heavy (non-hydrogen) atoms. The lowest BCUT2D eigenvalue weighted by molar-refractivity contribution is 0.0967. The molecule has 2 heteroatoms. The quantitative estimate of drug-likeness (QED) is 0.686. The standard InChI is InChI=1S/C12H13BrO/c1-7-3-4-11(14)12-8(2)5-9(13)6-10(7)12/h5-7H,3-4H2,1-2H3. The summed E-state index contributed by atoms with van der Waals surface area (Å²) in [4.78, 5) is 11.7. The van der Waals surface area contributed by atoms with E-state index in [1.54, 1.807) is 0 Å².